The summed E-state index contributed by atoms with van der Waals surface area (Å²) >= 11 is 0. The molecule has 14 rings (SSSR count). The molecule has 0 aliphatic heterocycles. The van der Waals surface area contributed by atoms with Gasteiger partial charge in [0.05, 0.1) is 23.7 Å². The summed E-state index contributed by atoms with van der Waals surface area (Å²) in [5, 5.41) is 9.14. The molecule has 0 spiro atoms. The molecule has 16 heteroatoms. The Labute approximate surface area is 704 Å². The standard InChI is InChI=1S/C28H31NO3.C27H29NO3.C25H27NO3.C24H25NO3/c29-19-26(27(30)17-21-10-11-22-8-4-5-9-24(22)16-21)23-12-14-25(15-13-23)32-28(31)18-20-6-2-1-3-7-20;28-18-25(26(29)16-20-9-10-21-7-3-4-8-23(21)15-20)22-11-13-24(14-12-22)31-27(30)17-19-5-1-2-6-19;1-2-5-25(28)29-17-18-8-12-21(13-9-18)23(16-26)24(27)15-19-10-11-20-6-3-4-7-22(20)14-19;1-2-5-24(27)28-21-12-10-19(11-13-21)22(16-25)23(26)15-17-8-9-18-6-3-4-7-20(18)14-17/h4-5,8-16,20,26H,1-3,6-7,17-19,29H2;3-4,7-15,19,25H,1-2,5-6,16-18,28H2;3-4,6-14,23H,2,5,15-17,26H2,1H3;3-4,6-14,22H,2,5,15-16,25H2,1H3. The van der Waals surface area contributed by atoms with E-state index < -0.39 is 0 Å². The van der Waals surface area contributed by atoms with Gasteiger partial charge in [-0.1, -0.05) is 276 Å². The van der Waals surface area contributed by atoms with Crippen LogP contribution in [0.15, 0.2) is 267 Å². The fourth-order valence-electron chi connectivity index (χ4n) is 15.9. The maximum absolute atomic E-state index is 13.0. The molecule has 2 saturated carbocycles. The lowest BCUT2D eigenvalue weighted by Crippen LogP contribution is -2.23. The van der Waals surface area contributed by atoms with Gasteiger partial charge in [0.1, 0.15) is 47.0 Å². The predicted octanol–water partition coefficient (Wildman–Crippen LogP) is 19.7. The van der Waals surface area contributed by atoms with Gasteiger partial charge in [-0.25, -0.2) is 0 Å². The lowest BCUT2D eigenvalue weighted by atomic mass is 9.87. The number of Topliss-reactive ketones (excluding diaryl/α,β-unsaturated/α-hetero) is 4. The van der Waals surface area contributed by atoms with Crippen molar-refractivity contribution in [3.05, 3.63) is 317 Å². The highest BCUT2D eigenvalue weighted by atomic mass is 16.5. The summed E-state index contributed by atoms with van der Waals surface area (Å²) in [5.74, 6) is 0.498. The Morgan fingerprint density at radius 2 is 0.542 bits per heavy atom. The number of hydrogen-bond donors (Lipinski definition) is 4. The first-order valence-electron chi connectivity index (χ1n) is 42.4. The molecule has 0 aromatic heterocycles. The summed E-state index contributed by atoms with van der Waals surface area (Å²) in [6, 6.07) is 85.9. The van der Waals surface area contributed by atoms with Crippen LogP contribution in [0.4, 0.5) is 0 Å². The first kappa shape index (κ1) is 88.9. The van der Waals surface area contributed by atoms with Crippen molar-refractivity contribution in [2.75, 3.05) is 26.2 Å². The number of ether oxygens (including phenoxy) is 4. The van der Waals surface area contributed by atoms with Gasteiger partial charge in [-0.15, -0.1) is 0 Å². The Kier molecular flexibility index (Phi) is 34.0. The smallest absolute Gasteiger partial charge is 0.311 e. The van der Waals surface area contributed by atoms with Crippen LogP contribution in [0.5, 0.6) is 17.2 Å². The lowest BCUT2D eigenvalue weighted by Gasteiger charge is -2.20. The molecule has 4 unspecified atom stereocenters. The van der Waals surface area contributed by atoms with Gasteiger partial charge < -0.3 is 41.9 Å². The fraction of sp³-hybridized carbons (Fsp3) is 0.308. The number of fused-ring (bicyclic) bond motifs is 4. The first-order chi connectivity index (χ1) is 58.4. The maximum atomic E-state index is 13.0. The van der Waals surface area contributed by atoms with Crippen LogP contribution >= 0.6 is 0 Å². The minimum atomic E-state index is -0.383. The molecule has 620 valence electrons. The van der Waals surface area contributed by atoms with E-state index in [1.807, 2.05) is 178 Å². The second-order valence-corrected chi connectivity index (χ2v) is 31.5. The number of carbonyl (C=O) groups is 8. The molecular formula is C104H112N4O12. The van der Waals surface area contributed by atoms with E-state index in [4.69, 9.17) is 41.9 Å². The fourth-order valence-corrected chi connectivity index (χ4v) is 15.9. The molecule has 8 N–H and O–H groups in total. The Morgan fingerprint density at radius 1 is 0.292 bits per heavy atom. The Balaban J connectivity index is 0.000000157. The summed E-state index contributed by atoms with van der Waals surface area (Å²) in [6.07, 6.45) is 15.2. The summed E-state index contributed by atoms with van der Waals surface area (Å²) in [4.78, 5) is 99.2. The average Bonchev–Trinajstić information content (AvgIpc) is 0.944. The van der Waals surface area contributed by atoms with Crippen molar-refractivity contribution in [2.24, 2.45) is 34.8 Å². The van der Waals surface area contributed by atoms with Crippen LogP contribution in [0.25, 0.3) is 43.1 Å². The van der Waals surface area contributed by atoms with E-state index >= 15 is 0 Å². The molecular weight excluding hydrogens is 1500 g/mol. The summed E-state index contributed by atoms with van der Waals surface area (Å²) in [7, 11) is 0. The largest absolute Gasteiger partial charge is 0.461 e. The quantitative estimate of drug-likeness (QED) is 0.0220. The Morgan fingerprint density at radius 3 is 0.825 bits per heavy atom. The third-order valence-corrected chi connectivity index (χ3v) is 22.6. The van der Waals surface area contributed by atoms with Crippen LogP contribution in [0.3, 0.4) is 0 Å². The topological polar surface area (TPSA) is 278 Å². The number of carbonyl (C=O) groups excluding carboxylic acids is 8. The summed E-state index contributed by atoms with van der Waals surface area (Å²) in [5.41, 5.74) is 32.0. The molecule has 0 heterocycles. The van der Waals surface area contributed by atoms with Crippen LogP contribution < -0.4 is 37.1 Å². The van der Waals surface area contributed by atoms with Gasteiger partial charge in [0, 0.05) is 77.5 Å². The van der Waals surface area contributed by atoms with Gasteiger partial charge >= 0.3 is 23.9 Å². The van der Waals surface area contributed by atoms with Crippen LogP contribution in [0.2, 0.25) is 0 Å². The number of rotatable bonds is 33. The second-order valence-electron chi connectivity index (χ2n) is 31.5. The Hall–Kier alpha value is -11.9. The third kappa shape index (κ3) is 26.5. The molecule has 0 radical (unpaired) electrons. The zero-order valence-corrected chi connectivity index (χ0v) is 69.0. The normalized spacial score (nSPS) is 13.7. The molecule has 2 aliphatic carbocycles. The van der Waals surface area contributed by atoms with E-state index in [2.05, 4.69) is 66.7 Å². The van der Waals surface area contributed by atoms with Crippen LogP contribution in [0.1, 0.15) is 184 Å². The van der Waals surface area contributed by atoms with E-state index in [9.17, 15) is 38.4 Å². The summed E-state index contributed by atoms with van der Waals surface area (Å²) in [6.45, 7) is 5.10. The first-order valence-corrected chi connectivity index (χ1v) is 42.4. The minimum absolute atomic E-state index is 0.0773. The minimum Gasteiger partial charge on any atom is -0.461 e. The van der Waals surface area contributed by atoms with E-state index in [-0.39, 0.29) is 103 Å². The van der Waals surface area contributed by atoms with Crippen molar-refractivity contribution in [1.29, 1.82) is 0 Å². The average molecular weight is 1610 g/mol. The van der Waals surface area contributed by atoms with Crippen molar-refractivity contribution in [1.82, 2.24) is 0 Å². The van der Waals surface area contributed by atoms with Gasteiger partial charge in [0.25, 0.3) is 0 Å². The van der Waals surface area contributed by atoms with E-state index in [0.717, 1.165) is 132 Å². The third-order valence-electron chi connectivity index (χ3n) is 22.6. The molecule has 4 atom stereocenters. The van der Waals surface area contributed by atoms with Crippen LogP contribution in [-0.4, -0.2) is 73.2 Å². The van der Waals surface area contributed by atoms with Crippen molar-refractivity contribution >= 4 is 90.1 Å². The molecule has 120 heavy (non-hydrogen) atoms. The van der Waals surface area contributed by atoms with Crippen molar-refractivity contribution < 1.29 is 57.3 Å². The van der Waals surface area contributed by atoms with Gasteiger partial charge in [-0.2, -0.15) is 0 Å². The van der Waals surface area contributed by atoms with E-state index in [0.29, 0.717) is 80.5 Å². The van der Waals surface area contributed by atoms with Crippen LogP contribution in [0, 0.1) is 11.8 Å². The molecule has 0 amide bonds. The second kappa shape index (κ2) is 45.9. The monoisotopic (exact) mass is 1610 g/mol. The number of esters is 4. The zero-order valence-electron chi connectivity index (χ0n) is 69.0. The molecule has 12 aromatic carbocycles. The number of ketones is 4. The van der Waals surface area contributed by atoms with E-state index in [1.54, 1.807) is 36.4 Å². The molecule has 2 fully saturated rings. The summed E-state index contributed by atoms with van der Waals surface area (Å²) < 4.78 is 21.5. The maximum Gasteiger partial charge on any atom is 0.311 e. The van der Waals surface area contributed by atoms with Crippen molar-refractivity contribution in [2.45, 2.75) is 166 Å². The van der Waals surface area contributed by atoms with E-state index in [1.165, 1.54) is 32.1 Å². The molecule has 2 aliphatic rings. The van der Waals surface area contributed by atoms with Crippen molar-refractivity contribution in [3.63, 3.8) is 0 Å². The zero-order chi connectivity index (χ0) is 84.5. The van der Waals surface area contributed by atoms with Gasteiger partial charge in [0.2, 0.25) is 0 Å². The predicted molar refractivity (Wildman–Crippen MR) is 478 cm³/mol. The van der Waals surface area contributed by atoms with Gasteiger partial charge in [0.15, 0.2) is 0 Å². The SMILES string of the molecule is CCCC(=O)OCc1ccc(C(CN)C(=O)Cc2ccc3ccccc3c2)cc1.CCCC(=O)Oc1ccc(C(CN)C(=O)Cc2ccc3ccccc3c2)cc1.NCC(C(=O)Cc1ccc2ccccc2c1)c1ccc(OC(=O)CC2CCCC2)cc1.NCC(C(=O)Cc1ccc2ccccc2c1)c1ccc(OC(=O)CC2CCCCC2)cc1. The van der Waals surface area contributed by atoms with Crippen LogP contribution in [-0.2, 0) is 75.4 Å². The number of hydrogen-bond acceptors (Lipinski definition) is 16. The number of nitrogens with two attached hydrogens (primary N) is 4. The Bertz CT molecular complexity index is 5400. The number of benzene rings is 12. The van der Waals surface area contributed by atoms with Gasteiger partial charge in [-0.05, 0) is 180 Å². The van der Waals surface area contributed by atoms with Crippen molar-refractivity contribution in [3.8, 4) is 17.2 Å². The molecule has 0 saturated heterocycles. The molecule has 16 nitrogen and oxygen atoms in total. The highest BCUT2D eigenvalue weighted by molar-refractivity contribution is 5.94. The molecule has 12 aromatic rings. The highest BCUT2D eigenvalue weighted by Crippen LogP contribution is 2.33. The lowest BCUT2D eigenvalue weighted by molar-refractivity contribution is -0.145. The van der Waals surface area contributed by atoms with Gasteiger partial charge in [-0.3, -0.25) is 38.4 Å². The molecule has 0 bridgehead atoms. The highest BCUT2D eigenvalue weighted by Gasteiger charge is 2.26.